The van der Waals surface area contributed by atoms with Crippen LogP contribution in [0.3, 0.4) is 0 Å². The number of anilines is 1. The van der Waals surface area contributed by atoms with Gasteiger partial charge in [-0.1, -0.05) is 25.4 Å². The van der Waals surface area contributed by atoms with Gasteiger partial charge < -0.3 is 4.90 Å². The maximum absolute atomic E-state index is 13.8. The molecule has 1 saturated heterocycles. The SMILES string of the molecule is C[C@@H]1CN(c2ncc(Cl)cc2C#N)C[C@H](C)C1(F)F. The molecule has 1 aliphatic heterocycles. The van der Waals surface area contributed by atoms with Gasteiger partial charge >= 0.3 is 0 Å². The smallest absolute Gasteiger partial charge is 0.256 e. The summed E-state index contributed by atoms with van der Waals surface area (Å²) < 4.78 is 27.6. The van der Waals surface area contributed by atoms with Crippen molar-refractivity contribution in [3.63, 3.8) is 0 Å². The molecule has 0 N–H and O–H groups in total. The lowest BCUT2D eigenvalue weighted by Crippen LogP contribution is -2.52. The van der Waals surface area contributed by atoms with Gasteiger partial charge in [0.2, 0.25) is 0 Å². The van der Waals surface area contributed by atoms with Gasteiger partial charge in [-0.25, -0.2) is 13.8 Å². The average Bonchev–Trinajstić information content (AvgIpc) is 2.35. The Hall–Kier alpha value is -1.41. The second-order valence-corrected chi connectivity index (χ2v) is 5.45. The number of aromatic nitrogens is 1. The number of piperidine rings is 1. The molecule has 2 rings (SSSR count). The number of nitrogens with zero attached hydrogens (tertiary/aromatic N) is 3. The Morgan fingerprint density at radius 2 is 2.00 bits per heavy atom. The Bertz CT molecular complexity index is 513. The molecule has 0 spiro atoms. The molecule has 1 fully saturated rings. The highest BCUT2D eigenvalue weighted by molar-refractivity contribution is 6.30. The van der Waals surface area contributed by atoms with Crippen molar-refractivity contribution >= 4 is 17.4 Å². The van der Waals surface area contributed by atoms with Crippen molar-refractivity contribution < 1.29 is 8.78 Å². The van der Waals surface area contributed by atoms with Crippen molar-refractivity contribution in [2.75, 3.05) is 18.0 Å². The fourth-order valence-electron chi connectivity index (χ4n) is 2.40. The highest BCUT2D eigenvalue weighted by Crippen LogP contribution is 2.39. The fraction of sp³-hybridized carbons (Fsp3) is 0.538. The van der Waals surface area contributed by atoms with Crippen LogP contribution in [0.15, 0.2) is 12.3 Å². The number of pyridine rings is 1. The molecule has 19 heavy (non-hydrogen) atoms. The predicted molar refractivity (Wildman–Crippen MR) is 69.5 cm³/mol. The molecule has 0 bridgehead atoms. The van der Waals surface area contributed by atoms with E-state index in [9.17, 15) is 8.78 Å². The molecule has 1 aromatic rings. The van der Waals surface area contributed by atoms with E-state index in [4.69, 9.17) is 16.9 Å². The van der Waals surface area contributed by atoms with Gasteiger partial charge in [-0.3, -0.25) is 0 Å². The lowest BCUT2D eigenvalue weighted by Gasteiger charge is -2.41. The van der Waals surface area contributed by atoms with Crippen molar-refractivity contribution in [3.05, 3.63) is 22.8 Å². The lowest BCUT2D eigenvalue weighted by molar-refractivity contribution is -0.105. The molecule has 0 unspecified atom stereocenters. The third-order valence-electron chi connectivity index (χ3n) is 3.56. The first-order valence-corrected chi connectivity index (χ1v) is 6.42. The van der Waals surface area contributed by atoms with Gasteiger partial charge in [0.15, 0.2) is 0 Å². The summed E-state index contributed by atoms with van der Waals surface area (Å²) in [6, 6.07) is 3.51. The Kier molecular flexibility index (Phi) is 3.64. The van der Waals surface area contributed by atoms with E-state index in [1.807, 2.05) is 6.07 Å². The molecule has 0 saturated carbocycles. The Labute approximate surface area is 115 Å². The first-order chi connectivity index (χ1) is 8.86. The van der Waals surface area contributed by atoms with E-state index >= 15 is 0 Å². The summed E-state index contributed by atoms with van der Waals surface area (Å²) in [7, 11) is 0. The molecule has 1 aliphatic rings. The zero-order chi connectivity index (χ0) is 14.2. The summed E-state index contributed by atoms with van der Waals surface area (Å²) in [4.78, 5) is 5.85. The largest absolute Gasteiger partial charge is 0.355 e. The molecule has 102 valence electrons. The minimum absolute atomic E-state index is 0.181. The zero-order valence-electron chi connectivity index (χ0n) is 10.7. The number of nitriles is 1. The highest BCUT2D eigenvalue weighted by atomic mass is 35.5. The number of alkyl halides is 2. The van der Waals surface area contributed by atoms with Crippen LogP contribution in [0.5, 0.6) is 0 Å². The van der Waals surface area contributed by atoms with E-state index < -0.39 is 17.8 Å². The van der Waals surface area contributed by atoms with Gasteiger partial charge in [0.25, 0.3) is 5.92 Å². The van der Waals surface area contributed by atoms with Crippen LogP contribution in [0, 0.1) is 23.2 Å². The Balaban J connectivity index is 2.32. The highest BCUT2D eigenvalue weighted by Gasteiger charge is 2.47. The number of hydrogen-bond acceptors (Lipinski definition) is 3. The van der Waals surface area contributed by atoms with Gasteiger partial charge in [-0.05, 0) is 6.07 Å². The topological polar surface area (TPSA) is 39.9 Å². The quantitative estimate of drug-likeness (QED) is 0.794. The maximum Gasteiger partial charge on any atom is 0.256 e. The third kappa shape index (κ3) is 2.50. The molecule has 1 aromatic heterocycles. The van der Waals surface area contributed by atoms with Crippen LogP contribution >= 0.6 is 11.6 Å². The van der Waals surface area contributed by atoms with Gasteiger partial charge in [0.05, 0.1) is 10.6 Å². The van der Waals surface area contributed by atoms with E-state index in [1.54, 1.807) is 4.90 Å². The second kappa shape index (κ2) is 4.93. The summed E-state index contributed by atoms with van der Waals surface area (Å²) in [6.07, 6.45) is 1.43. The summed E-state index contributed by atoms with van der Waals surface area (Å²) in [6.45, 7) is 3.40. The zero-order valence-corrected chi connectivity index (χ0v) is 11.5. The third-order valence-corrected chi connectivity index (χ3v) is 3.76. The van der Waals surface area contributed by atoms with Crippen LogP contribution in [0.4, 0.5) is 14.6 Å². The normalized spacial score (nSPS) is 26.0. The van der Waals surface area contributed by atoms with Crippen LogP contribution in [-0.4, -0.2) is 24.0 Å². The van der Waals surface area contributed by atoms with E-state index in [2.05, 4.69) is 4.98 Å². The van der Waals surface area contributed by atoms with E-state index in [0.29, 0.717) is 16.4 Å². The van der Waals surface area contributed by atoms with Crippen molar-refractivity contribution in [1.82, 2.24) is 4.98 Å². The summed E-state index contributed by atoms with van der Waals surface area (Å²) in [5.74, 6) is -3.81. The van der Waals surface area contributed by atoms with Crippen LogP contribution in [-0.2, 0) is 0 Å². The molecule has 0 aliphatic carbocycles. The molecule has 0 aromatic carbocycles. The monoisotopic (exact) mass is 285 g/mol. The Morgan fingerprint density at radius 1 is 1.42 bits per heavy atom. The first-order valence-electron chi connectivity index (χ1n) is 6.04. The molecule has 0 amide bonds. The molecule has 3 nitrogen and oxygen atoms in total. The fourth-order valence-corrected chi connectivity index (χ4v) is 2.56. The Morgan fingerprint density at radius 3 is 2.53 bits per heavy atom. The van der Waals surface area contributed by atoms with Crippen molar-refractivity contribution in [1.29, 1.82) is 5.26 Å². The van der Waals surface area contributed by atoms with Crippen molar-refractivity contribution in [3.8, 4) is 6.07 Å². The molecule has 6 heteroatoms. The molecular formula is C13H14ClF2N3. The van der Waals surface area contributed by atoms with Crippen LogP contribution in [0.2, 0.25) is 5.02 Å². The van der Waals surface area contributed by atoms with Gasteiger partial charge in [-0.15, -0.1) is 0 Å². The van der Waals surface area contributed by atoms with Crippen LogP contribution in [0.25, 0.3) is 0 Å². The van der Waals surface area contributed by atoms with E-state index in [0.717, 1.165) is 0 Å². The van der Waals surface area contributed by atoms with Gasteiger partial charge in [-0.2, -0.15) is 5.26 Å². The molecule has 2 atom stereocenters. The van der Waals surface area contributed by atoms with Crippen molar-refractivity contribution in [2.45, 2.75) is 19.8 Å². The number of rotatable bonds is 1. The second-order valence-electron chi connectivity index (χ2n) is 5.02. The minimum atomic E-state index is -2.68. The van der Waals surface area contributed by atoms with E-state index in [-0.39, 0.29) is 13.1 Å². The van der Waals surface area contributed by atoms with Crippen LogP contribution < -0.4 is 4.90 Å². The van der Waals surface area contributed by atoms with E-state index in [1.165, 1.54) is 26.1 Å². The number of halogens is 3. The summed E-state index contributed by atoms with van der Waals surface area (Å²) >= 11 is 5.79. The predicted octanol–water partition coefficient (Wildman–Crippen LogP) is 3.33. The minimum Gasteiger partial charge on any atom is -0.355 e. The van der Waals surface area contributed by atoms with Gasteiger partial charge in [0, 0.05) is 31.1 Å². The van der Waals surface area contributed by atoms with Gasteiger partial charge in [0.1, 0.15) is 11.9 Å². The molecule has 2 heterocycles. The summed E-state index contributed by atoms with van der Waals surface area (Å²) in [5.41, 5.74) is 0.317. The van der Waals surface area contributed by atoms with Crippen molar-refractivity contribution in [2.24, 2.45) is 11.8 Å². The average molecular weight is 286 g/mol. The van der Waals surface area contributed by atoms with Crippen LogP contribution in [0.1, 0.15) is 19.4 Å². The lowest BCUT2D eigenvalue weighted by atomic mass is 9.87. The molecular weight excluding hydrogens is 272 g/mol. The standard InChI is InChI=1S/C13H14ClF2N3/c1-8-6-19(7-9(2)13(8,15)16)12-10(4-17)3-11(14)5-18-12/h3,5,8-9H,6-7H2,1-2H3/t8-,9+. The maximum atomic E-state index is 13.8. The molecule has 0 radical (unpaired) electrons. The number of hydrogen-bond donors (Lipinski definition) is 0. The summed E-state index contributed by atoms with van der Waals surface area (Å²) in [5, 5.41) is 9.45. The first kappa shape index (κ1) is 14.0.